The Hall–Kier alpha value is -0.450. The van der Waals surface area contributed by atoms with Crippen molar-refractivity contribution in [3.8, 4) is 0 Å². The van der Waals surface area contributed by atoms with Gasteiger partial charge in [0.2, 0.25) is 0 Å². The number of aromatic nitrogens is 1. The number of hydrogen-bond donors (Lipinski definition) is 1. The topological polar surface area (TPSA) is 34.2 Å². The number of nitrogens with one attached hydrogen (secondary N) is 1. The number of nitrogens with zero attached hydrogens (tertiary/aromatic N) is 1. The average molecular weight is 240 g/mol. The Morgan fingerprint density at radius 3 is 3.31 bits per heavy atom. The first kappa shape index (κ1) is 12.0. The van der Waals surface area contributed by atoms with E-state index in [1.165, 1.54) is 24.1 Å². The number of ether oxygens (including phenoxy) is 1. The van der Waals surface area contributed by atoms with Crippen molar-refractivity contribution in [2.24, 2.45) is 0 Å². The van der Waals surface area contributed by atoms with Crippen molar-refractivity contribution in [1.82, 2.24) is 10.3 Å². The molecule has 0 aromatic carbocycles. The molecule has 0 amide bonds. The highest BCUT2D eigenvalue weighted by Gasteiger charge is 2.20. The molecule has 3 nitrogen and oxygen atoms in total. The van der Waals surface area contributed by atoms with Crippen LogP contribution in [-0.2, 0) is 11.3 Å². The lowest BCUT2D eigenvalue weighted by Crippen LogP contribution is -2.13. The van der Waals surface area contributed by atoms with E-state index in [1.54, 1.807) is 11.3 Å². The zero-order chi connectivity index (χ0) is 11.2. The molecule has 0 bridgehead atoms. The first-order valence-electron chi connectivity index (χ1n) is 6.17. The van der Waals surface area contributed by atoms with Crippen LogP contribution in [0.5, 0.6) is 0 Å². The van der Waals surface area contributed by atoms with Crippen molar-refractivity contribution in [3.05, 3.63) is 16.1 Å². The van der Waals surface area contributed by atoms with E-state index in [1.807, 2.05) is 6.20 Å². The van der Waals surface area contributed by atoms with Gasteiger partial charge in [0.05, 0.1) is 0 Å². The van der Waals surface area contributed by atoms with Gasteiger partial charge in [-0.15, -0.1) is 11.3 Å². The molecule has 1 N–H and O–H groups in total. The van der Waals surface area contributed by atoms with Crippen LogP contribution in [0.4, 0.5) is 0 Å². The molecule has 1 atom stereocenters. The molecule has 4 heteroatoms. The minimum atomic E-state index is 0.273. The highest BCUT2D eigenvalue weighted by molar-refractivity contribution is 7.11. The maximum Gasteiger partial charge on any atom is 0.122 e. The van der Waals surface area contributed by atoms with Gasteiger partial charge in [0.15, 0.2) is 0 Å². The molecule has 16 heavy (non-hydrogen) atoms. The lowest BCUT2D eigenvalue weighted by atomic mass is 10.2. The van der Waals surface area contributed by atoms with Crippen molar-refractivity contribution in [2.45, 2.75) is 45.3 Å². The number of unbranched alkanes of at least 4 members (excludes halogenated alkanes) is 1. The standard InChI is InChI=1S/C12H20N2OS/c1-2-3-6-13-8-10-9-14-12(16-10)11-5-4-7-15-11/h9,11,13H,2-8H2,1H3. The smallest absolute Gasteiger partial charge is 0.122 e. The molecular weight excluding hydrogens is 220 g/mol. The van der Waals surface area contributed by atoms with Gasteiger partial charge in [-0.05, 0) is 25.8 Å². The van der Waals surface area contributed by atoms with Crippen LogP contribution >= 0.6 is 11.3 Å². The largest absolute Gasteiger partial charge is 0.371 e. The molecule has 2 heterocycles. The van der Waals surface area contributed by atoms with Crippen molar-refractivity contribution in [3.63, 3.8) is 0 Å². The summed E-state index contributed by atoms with van der Waals surface area (Å²) in [5.74, 6) is 0. The van der Waals surface area contributed by atoms with Gasteiger partial charge in [-0.25, -0.2) is 4.98 Å². The summed E-state index contributed by atoms with van der Waals surface area (Å²) in [6.07, 6.45) is 7.06. The van der Waals surface area contributed by atoms with Crippen molar-refractivity contribution in [2.75, 3.05) is 13.2 Å². The van der Waals surface area contributed by atoms with Crippen molar-refractivity contribution < 1.29 is 4.74 Å². The molecule has 0 saturated carbocycles. The summed E-state index contributed by atoms with van der Waals surface area (Å²) in [5.41, 5.74) is 0. The minimum Gasteiger partial charge on any atom is -0.371 e. The lowest BCUT2D eigenvalue weighted by molar-refractivity contribution is 0.111. The quantitative estimate of drug-likeness (QED) is 0.776. The summed E-state index contributed by atoms with van der Waals surface area (Å²) in [6.45, 7) is 5.16. The summed E-state index contributed by atoms with van der Waals surface area (Å²) in [7, 11) is 0. The van der Waals surface area contributed by atoms with E-state index in [-0.39, 0.29) is 6.10 Å². The van der Waals surface area contributed by atoms with E-state index in [9.17, 15) is 0 Å². The molecule has 1 aliphatic rings. The van der Waals surface area contributed by atoms with Gasteiger partial charge in [0.25, 0.3) is 0 Å². The number of rotatable bonds is 6. The maximum atomic E-state index is 5.62. The third-order valence-corrected chi connectivity index (χ3v) is 3.87. The third-order valence-electron chi connectivity index (χ3n) is 2.78. The molecule has 1 aliphatic heterocycles. The first-order valence-corrected chi connectivity index (χ1v) is 6.98. The highest BCUT2D eigenvalue weighted by atomic mass is 32.1. The second-order valence-corrected chi connectivity index (χ2v) is 5.34. The van der Waals surface area contributed by atoms with E-state index in [4.69, 9.17) is 4.74 Å². The van der Waals surface area contributed by atoms with E-state index in [0.717, 1.165) is 31.1 Å². The Labute approximate surface area is 101 Å². The van der Waals surface area contributed by atoms with Gasteiger partial charge in [-0.2, -0.15) is 0 Å². The van der Waals surface area contributed by atoms with Gasteiger partial charge in [0.1, 0.15) is 11.1 Å². The van der Waals surface area contributed by atoms with Crippen LogP contribution in [0.1, 0.15) is 48.6 Å². The minimum absolute atomic E-state index is 0.273. The second-order valence-electron chi connectivity index (χ2n) is 4.20. The lowest BCUT2D eigenvalue weighted by Gasteiger charge is -2.03. The zero-order valence-corrected chi connectivity index (χ0v) is 10.7. The molecule has 1 aromatic rings. The summed E-state index contributed by atoms with van der Waals surface area (Å²) in [6, 6.07) is 0. The van der Waals surface area contributed by atoms with E-state index < -0.39 is 0 Å². The molecule has 2 rings (SSSR count). The average Bonchev–Trinajstić information content (AvgIpc) is 2.94. The van der Waals surface area contributed by atoms with E-state index in [2.05, 4.69) is 17.2 Å². The Kier molecular flexibility index (Phi) is 4.75. The molecule has 1 unspecified atom stereocenters. The van der Waals surface area contributed by atoms with Crippen LogP contribution in [0.3, 0.4) is 0 Å². The van der Waals surface area contributed by atoms with Gasteiger partial charge >= 0.3 is 0 Å². The van der Waals surface area contributed by atoms with E-state index >= 15 is 0 Å². The van der Waals surface area contributed by atoms with Crippen LogP contribution < -0.4 is 5.32 Å². The van der Waals surface area contributed by atoms with Gasteiger partial charge in [-0.3, -0.25) is 0 Å². The Morgan fingerprint density at radius 1 is 1.62 bits per heavy atom. The predicted molar refractivity (Wildman–Crippen MR) is 66.7 cm³/mol. The van der Waals surface area contributed by atoms with Gasteiger partial charge in [0, 0.05) is 24.2 Å². The van der Waals surface area contributed by atoms with Crippen LogP contribution in [0.15, 0.2) is 6.20 Å². The Balaban J connectivity index is 1.77. The van der Waals surface area contributed by atoms with Crippen molar-refractivity contribution >= 4 is 11.3 Å². The van der Waals surface area contributed by atoms with Crippen LogP contribution in [0.25, 0.3) is 0 Å². The SMILES string of the molecule is CCCCNCc1cnc(C2CCCO2)s1. The fourth-order valence-electron chi connectivity index (χ4n) is 1.84. The second kappa shape index (κ2) is 6.33. The fraction of sp³-hybridized carbons (Fsp3) is 0.750. The molecule has 0 aliphatic carbocycles. The van der Waals surface area contributed by atoms with Crippen LogP contribution in [0, 0.1) is 0 Å². The summed E-state index contributed by atoms with van der Waals surface area (Å²) in [5, 5.41) is 4.59. The Bertz CT molecular complexity index is 308. The molecule has 0 radical (unpaired) electrons. The third kappa shape index (κ3) is 3.27. The van der Waals surface area contributed by atoms with Crippen LogP contribution in [0.2, 0.25) is 0 Å². The first-order chi connectivity index (χ1) is 7.90. The molecule has 1 saturated heterocycles. The molecule has 1 aromatic heterocycles. The number of thiazole rings is 1. The van der Waals surface area contributed by atoms with Crippen molar-refractivity contribution in [1.29, 1.82) is 0 Å². The van der Waals surface area contributed by atoms with Gasteiger partial charge in [-0.1, -0.05) is 13.3 Å². The molecule has 90 valence electrons. The van der Waals surface area contributed by atoms with Crippen LogP contribution in [-0.4, -0.2) is 18.1 Å². The summed E-state index contributed by atoms with van der Waals surface area (Å²) >= 11 is 1.79. The predicted octanol–water partition coefficient (Wildman–Crippen LogP) is 2.88. The zero-order valence-electron chi connectivity index (χ0n) is 9.87. The molecule has 1 fully saturated rings. The Morgan fingerprint density at radius 2 is 2.56 bits per heavy atom. The normalized spacial score (nSPS) is 20.4. The molecular formula is C12H20N2OS. The van der Waals surface area contributed by atoms with E-state index in [0.29, 0.717) is 0 Å². The summed E-state index contributed by atoms with van der Waals surface area (Å²) in [4.78, 5) is 5.77. The van der Waals surface area contributed by atoms with Gasteiger partial charge < -0.3 is 10.1 Å². The monoisotopic (exact) mass is 240 g/mol. The molecule has 0 spiro atoms. The number of hydrogen-bond acceptors (Lipinski definition) is 4. The summed E-state index contributed by atoms with van der Waals surface area (Å²) < 4.78 is 5.62. The highest BCUT2D eigenvalue weighted by Crippen LogP contribution is 2.31. The fourth-order valence-corrected chi connectivity index (χ4v) is 2.81. The maximum absolute atomic E-state index is 5.62.